The van der Waals surface area contributed by atoms with Crippen LogP contribution in [-0.4, -0.2) is 29.6 Å². The monoisotopic (exact) mass is 231 g/mol. The van der Waals surface area contributed by atoms with Crippen molar-refractivity contribution >= 4 is 9.84 Å². The third kappa shape index (κ3) is 3.35. The number of hydrogen-bond donors (Lipinski definition) is 1. The highest BCUT2D eigenvalue weighted by molar-refractivity contribution is 7.91. The molecule has 0 bridgehead atoms. The summed E-state index contributed by atoms with van der Waals surface area (Å²) in [4.78, 5) is 0. The maximum atomic E-state index is 11.3. The quantitative estimate of drug-likeness (QED) is 0.821. The lowest BCUT2D eigenvalue weighted by Gasteiger charge is -2.10. The van der Waals surface area contributed by atoms with Gasteiger partial charge in [-0.2, -0.15) is 0 Å². The molecule has 0 amide bonds. The summed E-state index contributed by atoms with van der Waals surface area (Å²) in [6, 6.07) is 3.60. The van der Waals surface area contributed by atoms with Crippen molar-refractivity contribution in [2.45, 2.75) is 26.5 Å². The Labute approximate surface area is 90.5 Å². The lowest BCUT2D eigenvalue weighted by molar-refractivity contribution is 0.189. The van der Waals surface area contributed by atoms with Crippen LogP contribution in [0, 0.1) is 0 Å². The second kappa shape index (κ2) is 4.81. The van der Waals surface area contributed by atoms with Crippen LogP contribution in [0.2, 0.25) is 0 Å². The van der Waals surface area contributed by atoms with Crippen LogP contribution in [0.15, 0.2) is 18.3 Å². The van der Waals surface area contributed by atoms with Gasteiger partial charge in [-0.1, -0.05) is 6.92 Å². The first-order valence-corrected chi connectivity index (χ1v) is 6.82. The van der Waals surface area contributed by atoms with Gasteiger partial charge in [0.15, 0.2) is 9.84 Å². The molecule has 0 saturated carbocycles. The third-order valence-corrected chi connectivity index (χ3v) is 4.06. The van der Waals surface area contributed by atoms with Crippen LogP contribution in [0.25, 0.3) is 0 Å². The largest absolute Gasteiger partial charge is 0.387 e. The van der Waals surface area contributed by atoms with Gasteiger partial charge in [-0.3, -0.25) is 0 Å². The van der Waals surface area contributed by atoms with Crippen LogP contribution in [0.5, 0.6) is 0 Å². The molecule has 1 aromatic rings. The molecular weight excluding hydrogens is 214 g/mol. The van der Waals surface area contributed by atoms with Gasteiger partial charge in [-0.25, -0.2) is 8.42 Å². The van der Waals surface area contributed by atoms with Gasteiger partial charge in [0.25, 0.3) is 0 Å². The van der Waals surface area contributed by atoms with Crippen molar-refractivity contribution in [1.82, 2.24) is 4.57 Å². The predicted molar refractivity (Wildman–Crippen MR) is 59.4 cm³/mol. The molecule has 86 valence electrons. The molecule has 15 heavy (non-hydrogen) atoms. The molecule has 1 N–H and O–H groups in total. The van der Waals surface area contributed by atoms with Gasteiger partial charge in [0, 0.05) is 24.2 Å². The van der Waals surface area contributed by atoms with Gasteiger partial charge in [0.05, 0.1) is 11.9 Å². The van der Waals surface area contributed by atoms with E-state index in [1.165, 1.54) is 0 Å². The Bertz CT molecular complexity index is 406. The number of nitrogens with zero attached hydrogens (tertiary/aromatic N) is 1. The molecule has 1 rings (SSSR count). The number of sulfone groups is 1. The van der Waals surface area contributed by atoms with E-state index in [1.807, 2.05) is 0 Å². The first kappa shape index (κ1) is 12.3. The van der Waals surface area contributed by atoms with Crippen LogP contribution in [0.4, 0.5) is 0 Å². The van der Waals surface area contributed by atoms with Crippen molar-refractivity contribution in [3.8, 4) is 0 Å². The fraction of sp³-hybridized carbons (Fsp3) is 0.600. The fourth-order valence-corrected chi connectivity index (χ4v) is 2.16. The summed E-state index contributed by atoms with van der Waals surface area (Å²) >= 11 is 0. The van der Waals surface area contributed by atoms with Gasteiger partial charge < -0.3 is 9.67 Å². The number of aromatic nitrogens is 1. The smallest absolute Gasteiger partial charge is 0.151 e. The van der Waals surface area contributed by atoms with E-state index < -0.39 is 15.9 Å². The highest BCUT2D eigenvalue weighted by Gasteiger charge is 2.10. The molecule has 1 heterocycles. The Hall–Kier alpha value is -0.810. The van der Waals surface area contributed by atoms with E-state index in [-0.39, 0.29) is 11.5 Å². The summed E-state index contributed by atoms with van der Waals surface area (Å²) < 4.78 is 24.4. The molecular formula is C10H17NO3S. The number of rotatable bonds is 5. The van der Waals surface area contributed by atoms with Crippen molar-refractivity contribution in [1.29, 1.82) is 0 Å². The molecule has 0 saturated heterocycles. The highest BCUT2D eigenvalue weighted by Crippen LogP contribution is 2.12. The van der Waals surface area contributed by atoms with Crippen LogP contribution in [0.1, 0.15) is 25.6 Å². The molecule has 5 heteroatoms. The number of aryl methyl sites for hydroxylation is 1. The molecule has 1 unspecified atom stereocenters. The zero-order chi connectivity index (χ0) is 11.5. The normalized spacial score (nSPS) is 14.1. The Morgan fingerprint density at radius 1 is 1.53 bits per heavy atom. The van der Waals surface area contributed by atoms with Gasteiger partial charge >= 0.3 is 0 Å². The van der Waals surface area contributed by atoms with Crippen LogP contribution in [0.3, 0.4) is 0 Å². The average molecular weight is 231 g/mol. The van der Waals surface area contributed by atoms with E-state index in [9.17, 15) is 13.5 Å². The maximum Gasteiger partial charge on any atom is 0.151 e. The first-order chi connectivity index (χ1) is 6.96. The fourth-order valence-electron chi connectivity index (χ4n) is 1.39. The minimum Gasteiger partial charge on any atom is -0.387 e. The molecule has 0 aliphatic carbocycles. The van der Waals surface area contributed by atoms with Crippen molar-refractivity contribution in [3.05, 3.63) is 24.0 Å². The lowest BCUT2D eigenvalue weighted by atomic mass is 10.3. The Morgan fingerprint density at radius 3 is 2.73 bits per heavy atom. The number of hydrogen-bond acceptors (Lipinski definition) is 3. The SMILES string of the molecule is CCS(=O)(=O)CCn1cccc1C(C)O. The predicted octanol–water partition coefficient (Wildman–Crippen LogP) is 0.976. The van der Waals surface area contributed by atoms with Crippen molar-refractivity contribution < 1.29 is 13.5 Å². The maximum absolute atomic E-state index is 11.3. The third-order valence-electron chi connectivity index (χ3n) is 2.38. The second-order valence-corrected chi connectivity index (χ2v) is 6.01. The summed E-state index contributed by atoms with van der Waals surface area (Å²) in [7, 11) is -2.94. The van der Waals surface area contributed by atoms with Crippen molar-refractivity contribution in [2.75, 3.05) is 11.5 Å². The van der Waals surface area contributed by atoms with Crippen LogP contribution < -0.4 is 0 Å². The van der Waals surface area contributed by atoms with E-state index in [4.69, 9.17) is 0 Å². The van der Waals surface area contributed by atoms with E-state index in [0.717, 1.165) is 5.69 Å². The summed E-state index contributed by atoms with van der Waals surface area (Å²) in [6.45, 7) is 3.71. The minimum absolute atomic E-state index is 0.123. The number of aliphatic hydroxyl groups excluding tert-OH is 1. The molecule has 1 aromatic heterocycles. The molecule has 4 nitrogen and oxygen atoms in total. The number of aliphatic hydroxyl groups is 1. The molecule has 0 fully saturated rings. The highest BCUT2D eigenvalue weighted by atomic mass is 32.2. The first-order valence-electron chi connectivity index (χ1n) is 5.00. The van der Waals surface area contributed by atoms with E-state index >= 15 is 0 Å². The van der Waals surface area contributed by atoms with E-state index in [1.54, 1.807) is 36.7 Å². The van der Waals surface area contributed by atoms with Gasteiger partial charge in [0.1, 0.15) is 0 Å². The minimum atomic E-state index is -2.94. The van der Waals surface area contributed by atoms with Gasteiger partial charge in [-0.05, 0) is 19.1 Å². The standard InChI is InChI=1S/C10H17NO3S/c1-3-15(13,14)8-7-11-6-4-5-10(11)9(2)12/h4-6,9,12H,3,7-8H2,1-2H3. The molecule has 0 radical (unpaired) electrons. The average Bonchev–Trinajstić information content (AvgIpc) is 2.63. The topological polar surface area (TPSA) is 59.3 Å². The molecule has 0 aliphatic heterocycles. The Balaban J connectivity index is 2.70. The molecule has 0 aliphatic rings. The summed E-state index contributed by atoms with van der Waals surface area (Å²) in [5.41, 5.74) is 0.751. The summed E-state index contributed by atoms with van der Waals surface area (Å²) in [5, 5.41) is 9.41. The molecule has 1 atom stereocenters. The Morgan fingerprint density at radius 2 is 2.20 bits per heavy atom. The van der Waals surface area contributed by atoms with Gasteiger partial charge in [-0.15, -0.1) is 0 Å². The van der Waals surface area contributed by atoms with Crippen LogP contribution >= 0.6 is 0 Å². The summed E-state index contributed by atoms with van der Waals surface area (Å²) in [5.74, 6) is 0.288. The van der Waals surface area contributed by atoms with E-state index in [2.05, 4.69) is 0 Å². The van der Waals surface area contributed by atoms with Crippen molar-refractivity contribution in [2.24, 2.45) is 0 Å². The van der Waals surface area contributed by atoms with Gasteiger partial charge in [0.2, 0.25) is 0 Å². The second-order valence-electron chi connectivity index (χ2n) is 3.54. The zero-order valence-electron chi connectivity index (χ0n) is 9.05. The lowest BCUT2D eigenvalue weighted by Crippen LogP contribution is -2.16. The van der Waals surface area contributed by atoms with Crippen molar-refractivity contribution in [3.63, 3.8) is 0 Å². The summed E-state index contributed by atoms with van der Waals surface area (Å²) in [6.07, 6.45) is 1.22. The zero-order valence-corrected chi connectivity index (χ0v) is 9.87. The van der Waals surface area contributed by atoms with Crippen LogP contribution in [-0.2, 0) is 16.4 Å². The molecule has 0 spiro atoms. The Kier molecular flexibility index (Phi) is 3.93. The molecule has 0 aromatic carbocycles. The van der Waals surface area contributed by atoms with E-state index in [0.29, 0.717) is 6.54 Å².